The van der Waals surface area contributed by atoms with Crippen LogP contribution in [0.15, 0.2) is 152 Å². The van der Waals surface area contributed by atoms with Gasteiger partial charge < -0.3 is 29.4 Å². The van der Waals surface area contributed by atoms with E-state index in [-0.39, 0.29) is 39.8 Å². The van der Waals surface area contributed by atoms with E-state index in [0.29, 0.717) is 27.8 Å². The highest BCUT2D eigenvalue weighted by molar-refractivity contribution is 7.22. The molecule has 6 unspecified atom stereocenters. The number of nitrogens with one attached hydrogen (secondary N) is 1. The third-order valence-corrected chi connectivity index (χ3v) is 14.6. The van der Waals surface area contributed by atoms with E-state index in [2.05, 4.69) is 22.1 Å². The number of phenolic OH excluding ortho intramolecular Hbond substituents is 1. The lowest BCUT2D eigenvalue weighted by Gasteiger charge is -2.46. The Morgan fingerprint density at radius 2 is 1.48 bits per heavy atom. The SMILES string of the molecule is COC(=O)C(CC#Cc1ccc2c(c1)C1(C(=O)N2C(=O)OCc2ccc([N+](=O)[O-])cc2)C(C(=O)Nc2nc3ccccc3s2)C2C(=O)OC(c3ccccc3)C(c3ccccc3)N2C1c1ccc(O)cc1)C(=O)OC. The summed E-state index contributed by atoms with van der Waals surface area (Å²) in [5, 5.41) is 25.3. The Hall–Kier alpha value is -9.25. The first-order valence-corrected chi connectivity index (χ1v) is 24.2. The molecular weight excluding hydrogens is 983 g/mol. The van der Waals surface area contributed by atoms with Crippen molar-refractivity contribution >= 4 is 73.9 Å². The first-order valence-electron chi connectivity index (χ1n) is 23.4. The third kappa shape index (κ3) is 8.85. The predicted molar refractivity (Wildman–Crippen MR) is 271 cm³/mol. The molecule has 18 nitrogen and oxygen atoms in total. The van der Waals surface area contributed by atoms with Gasteiger partial charge in [-0.15, -0.1) is 0 Å². The average molecular weight is 1030 g/mol. The Bertz CT molecular complexity index is 3420. The number of esters is 3. The normalized spacial score (nSPS) is 20.6. The van der Waals surface area contributed by atoms with E-state index in [1.807, 2.05) is 60.7 Å². The second-order valence-electron chi connectivity index (χ2n) is 17.8. The number of para-hydroxylation sites is 1. The number of methoxy groups -OCH3 is 2. The van der Waals surface area contributed by atoms with Gasteiger partial charge in [-0.2, -0.15) is 0 Å². The van der Waals surface area contributed by atoms with Gasteiger partial charge in [-0.3, -0.25) is 39.0 Å². The molecule has 0 saturated carbocycles. The number of ether oxygens (including phenoxy) is 4. The molecule has 6 atom stereocenters. The van der Waals surface area contributed by atoms with Gasteiger partial charge in [-0.25, -0.2) is 14.7 Å². The van der Waals surface area contributed by atoms with Crippen LogP contribution in [0.25, 0.3) is 10.2 Å². The summed E-state index contributed by atoms with van der Waals surface area (Å²) in [6, 6.07) is 37.3. The molecule has 75 heavy (non-hydrogen) atoms. The van der Waals surface area contributed by atoms with Gasteiger partial charge in [0.25, 0.3) is 5.69 Å². The van der Waals surface area contributed by atoms with Gasteiger partial charge in [0.05, 0.1) is 53.0 Å². The third-order valence-electron chi connectivity index (χ3n) is 13.7. The number of carbonyl (C=O) groups is 6. The number of nitro groups is 1. The van der Waals surface area contributed by atoms with Crippen molar-refractivity contribution in [3.63, 3.8) is 0 Å². The van der Waals surface area contributed by atoms with Crippen molar-refractivity contribution in [1.82, 2.24) is 9.88 Å². The highest BCUT2D eigenvalue weighted by Crippen LogP contribution is 2.66. The van der Waals surface area contributed by atoms with Crippen LogP contribution >= 0.6 is 11.3 Å². The quantitative estimate of drug-likeness (QED) is 0.0310. The van der Waals surface area contributed by atoms with E-state index in [1.165, 1.54) is 65.9 Å². The molecule has 2 saturated heterocycles. The number of hydrogen-bond acceptors (Lipinski definition) is 16. The second kappa shape index (κ2) is 20.3. The summed E-state index contributed by atoms with van der Waals surface area (Å²) in [6.07, 6.45) is -2.56. The molecule has 7 aromatic rings. The number of phenols is 1. The molecule has 2 N–H and O–H groups in total. The fourth-order valence-corrected chi connectivity index (χ4v) is 11.3. The number of nitro benzene ring substituents is 1. The van der Waals surface area contributed by atoms with Crippen molar-refractivity contribution in [3.05, 3.63) is 195 Å². The van der Waals surface area contributed by atoms with Crippen molar-refractivity contribution in [2.45, 2.75) is 42.7 Å². The fraction of sp³-hybridized carbons (Fsp3) is 0.196. The van der Waals surface area contributed by atoms with Crippen LogP contribution in [-0.2, 0) is 54.9 Å². The number of cyclic esters (lactones) is 1. The number of rotatable bonds is 11. The van der Waals surface area contributed by atoms with Crippen molar-refractivity contribution in [1.29, 1.82) is 0 Å². The molecule has 3 aliphatic rings. The van der Waals surface area contributed by atoms with Crippen LogP contribution in [0.2, 0.25) is 0 Å². The summed E-state index contributed by atoms with van der Waals surface area (Å²) in [5.41, 5.74) is 0.287. The molecule has 19 heteroatoms. The minimum absolute atomic E-state index is 0.0353. The molecule has 10 rings (SSSR count). The zero-order valence-corrected chi connectivity index (χ0v) is 40.7. The number of thiazole rings is 1. The van der Waals surface area contributed by atoms with Gasteiger partial charge in [0, 0.05) is 24.1 Å². The maximum absolute atomic E-state index is 16.6. The highest BCUT2D eigenvalue weighted by atomic mass is 32.1. The van der Waals surface area contributed by atoms with Crippen LogP contribution in [0.3, 0.4) is 0 Å². The number of imide groups is 1. The first-order chi connectivity index (χ1) is 36.3. The summed E-state index contributed by atoms with van der Waals surface area (Å²) in [5.74, 6) is -1.88. The lowest BCUT2D eigenvalue weighted by molar-refractivity contribution is -0.384. The standard InChI is InChI=1S/C56H43N5O13S/c1-71-50(64)39(51(65)72-2)17-11-12-32-22-29-42-40(30-32)56(53(67)59(42)55(68)73-31-33-20-25-37(26-21-33)61(69)70)44(49(63)58-54-57-41-18-9-10-19-43(41)75-54)46-52(66)74-47(35-15-7-4-8-16-35)45(34-13-5-3-6-14-34)60(46)48(56)36-23-27-38(62)28-24-36/h3-10,13-16,18-30,39,44-48,62H,17,31H2,1-2H3,(H,57,58,63). The van der Waals surface area contributed by atoms with E-state index in [1.54, 1.807) is 41.3 Å². The van der Waals surface area contributed by atoms with Crippen molar-refractivity contribution in [2.24, 2.45) is 11.8 Å². The summed E-state index contributed by atoms with van der Waals surface area (Å²) in [7, 11) is 2.24. The van der Waals surface area contributed by atoms with Crippen LogP contribution in [0.4, 0.5) is 21.3 Å². The predicted octanol–water partition coefficient (Wildman–Crippen LogP) is 8.25. The number of fused-ring (bicyclic) bond motifs is 4. The molecule has 4 heterocycles. The Morgan fingerprint density at radius 3 is 2.13 bits per heavy atom. The Balaban J connectivity index is 1.22. The molecule has 2 fully saturated rings. The number of carbonyl (C=O) groups excluding carboxylic acids is 6. The number of aromatic hydroxyl groups is 1. The Kier molecular flexibility index (Phi) is 13.4. The van der Waals surface area contributed by atoms with Crippen molar-refractivity contribution in [2.75, 3.05) is 24.4 Å². The molecule has 3 aliphatic heterocycles. The molecule has 0 radical (unpaired) electrons. The van der Waals surface area contributed by atoms with Gasteiger partial charge in [0.15, 0.2) is 11.0 Å². The monoisotopic (exact) mass is 1030 g/mol. The van der Waals surface area contributed by atoms with Gasteiger partial charge in [-0.05, 0) is 82.4 Å². The first kappa shape index (κ1) is 49.3. The number of morpholine rings is 1. The van der Waals surface area contributed by atoms with Crippen LogP contribution in [0.5, 0.6) is 5.75 Å². The minimum atomic E-state index is -2.28. The summed E-state index contributed by atoms with van der Waals surface area (Å²) in [6.45, 7) is -0.438. The van der Waals surface area contributed by atoms with Crippen LogP contribution < -0.4 is 10.2 Å². The molecular formula is C56H43N5O13S. The number of benzene rings is 6. The van der Waals surface area contributed by atoms with Crippen molar-refractivity contribution < 1.29 is 57.7 Å². The molecule has 1 spiro atoms. The van der Waals surface area contributed by atoms with E-state index < -0.39 is 88.8 Å². The van der Waals surface area contributed by atoms with E-state index in [4.69, 9.17) is 18.9 Å². The van der Waals surface area contributed by atoms with E-state index >= 15 is 14.4 Å². The number of non-ortho nitro benzene ring substituents is 1. The average Bonchev–Trinajstić information content (AvgIpc) is 4.28. The number of amides is 3. The van der Waals surface area contributed by atoms with Crippen LogP contribution in [0.1, 0.15) is 58.0 Å². The molecule has 376 valence electrons. The lowest BCUT2D eigenvalue weighted by atomic mass is 9.65. The molecule has 6 aromatic carbocycles. The maximum atomic E-state index is 16.6. The number of hydrogen-bond donors (Lipinski definition) is 2. The van der Waals surface area contributed by atoms with Crippen LogP contribution in [-0.4, -0.2) is 76.0 Å². The van der Waals surface area contributed by atoms with Gasteiger partial charge in [0.1, 0.15) is 29.9 Å². The smallest absolute Gasteiger partial charge is 0.421 e. The summed E-state index contributed by atoms with van der Waals surface area (Å²) < 4.78 is 22.8. The molecule has 0 aliphatic carbocycles. The van der Waals surface area contributed by atoms with E-state index in [9.17, 15) is 29.6 Å². The van der Waals surface area contributed by atoms with E-state index in [0.717, 1.165) is 23.8 Å². The van der Waals surface area contributed by atoms with Crippen LogP contribution in [0, 0.1) is 33.8 Å². The second-order valence-corrected chi connectivity index (χ2v) is 18.8. The van der Waals surface area contributed by atoms with Gasteiger partial charge in [-0.1, -0.05) is 108 Å². The Morgan fingerprint density at radius 1 is 0.827 bits per heavy atom. The molecule has 0 bridgehead atoms. The summed E-state index contributed by atoms with van der Waals surface area (Å²) in [4.78, 5) is 106. The summed E-state index contributed by atoms with van der Waals surface area (Å²) >= 11 is 1.17. The zero-order valence-electron chi connectivity index (χ0n) is 39.9. The van der Waals surface area contributed by atoms with Crippen molar-refractivity contribution in [3.8, 4) is 17.6 Å². The van der Waals surface area contributed by atoms with Gasteiger partial charge in [0.2, 0.25) is 11.8 Å². The molecule has 3 amide bonds. The lowest BCUT2D eigenvalue weighted by Crippen LogP contribution is -2.54. The highest BCUT2D eigenvalue weighted by Gasteiger charge is 2.76. The largest absolute Gasteiger partial charge is 0.508 e. The number of anilines is 2. The number of nitrogens with zero attached hydrogens (tertiary/aromatic N) is 4. The fourth-order valence-electron chi connectivity index (χ4n) is 10.5. The Labute approximate surface area is 431 Å². The molecule has 1 aromatic heterocycles. The number of aromatic nitrogens is 1. The topological polar surface area (TPSA) is 234 Å². The maximum Gasteiger partial charge on any atom is 0.421 e. The zero-order chi connectivity index (χ0) is 52.5. The minimum Gasteiger partial charge on any atom is -0.508 e. The van der Waals surface area contributed by atoms with Gasteiger partial charge >= 0.3 is 24.0 Å².